The molecule has 0 fully saturated rings. The third-order valence-corrected chi connectivity index (χ3v) is 5.12. The zero-order chi connectivity index (χ0) is 19.6. The number of fused-ring (bicyclic) bond motifs is 3. The Morgan fingerprint density at radius 3 is 2.81 bits per heavy atom. The van der Waals surface area contributed by atoms with Gasteiger partial charge >= 0.3 is 0 Å². The number of hydrogen-bond donors (Lipinski definition) is 0. The zero-order valence-corrected chi connectivity index (χ0v) is 16.9. The fraction of sp³-hybridized carbons (Fsp3) is 0.250. The number of ether oxygens (including phenoxy) is 1. The third kappa shape index (κ3) is 3.64. The minimum absolute atomic E-state index is 0.111. The molecular formula is C20H22N4O2S. The van der Waals surface area contributed by atoms with Gasteiger partial charge in [-0.1, -0.05) is 23.8 Å². The highest BCUT2D eigenvalue weighted by molar-refractivity contribution is 7.25. The first-order valence-corrected chi connectivity index (χ1v) is 9.31. The molecule has 0 radical (unpaired) electrons. The molecule has 0 N–H and O–H groups in total. The second-order valence-corrected chi connectivity index (χ2v) is 7.25. The molecule has 0 aliphatic rings. The Morgan fingerprint density at radius 2 is 2.15 bits per heavy atom. The zero-order valence-electron chi connectivity index (χ0n) is 16.1. The first-order valence-electron chi connectivity index (χ1n) is 8.49. The van der Waals surface area contributed by atoms with Gasteiger partial charge in [-0.05, 0) is 19.9 Å². The monoisotopic (exact) mass is 382 g/mol. The Bertz CT molecular complexity index is 1140. The summed E-state index contributed by atoms with van der Waals surface area (Å²) in [5, 5.41) is 0.873. The minimum atomic E-state index is -0.111. The Labute approximate surface area is 161 Å². The van der Waals surface area contributed by atoms with Crippen LogP contribution < -0.4 is 15.2 Å². The van der Waals surface area contributed by atoms with Gasteiger partial charge in [0.1, 0.15) is 21.4 Å². The van der Waals surface area contributed by atoms with Gasteiger partial charge < -0.3 is 9.64 Å². The summed E-state index contributed by atoms with van der Waals surface area (Å²) in [5.74, 6) is 0.516. The molecular weight excluding hydrogens is 360 g/mol. The summed E-state index contributed by atoms with van der Waals surface area (Å²) in [6.07, 6.45) is 11.0. The van der Waals surface area contributed by atoms with Crippen LogP contribution in [0.4, 0.5) is 5.69 Å². The predicted molar refractivity (Wildman–Crippen MR) is 114 cm³/mol. The van der Waals surface area contributed by atoms with Gasteiger partial charge in [0.15, 0.2) is 0 Å². The van der Waals surface area contributed by atoms with Crippen molar-refractivity contribution in [2.75, 3.05) is 26.1 Å². The summed E-state index contributed by atoms with van der Waals surface area (Å²) in [5.41, 5.74) is 2.59. The number of allylic oxidation sites excluding steroid dienone is 5. The van der Waals surface area contributed by atoms with E-state index in [9.17, 15) is 4.79 Å². The summed E-state index contributed by atoms with van der Waals surface area (Å²) in [7, 11) is 5.47. The van der Waals surface area contributed by atoms with Crippen molar-refractivity contribution in [3.05, 3.63) is 52.6 Å². The molecule has 0 aliphatic carbocycles. The van der Waals surface area contributed by atoms with Crippen LogP contribution in [0.1, 0.15) is 13.8 Å². The van der Waals surface area contributed by atoms with Crippen LogP contribution in [-0.4, -0.2) is 35.7 Å². The van der Waals surface area contributed by atoms with Crippen LogP contribution in [0.5, 0.6) is 5.88 Å². The standard InChI is InChI=1S/C20H22N4O2S/c1-6-8-13(2)9-7-10-24-12-21-17-16-14(23(3)4)11-15(26-5)22-19(16)27-18(17)20(24)25/h6-12H,1-5H3/b8-6-,10-7+,13-9-. The molecule has 3 aromatic heterocycles. The maximum absolute atomic E-state index is 12.9. The number of anilines is 1. The number of thiophene rings is 1. The van der Waals surface area contributed by atoms with Crippen LogP contribution in [-0.2, 0) is 0 Å². The van der Waals surface area contributed by atoms with E-state index in [-0.39, 0.29) is 5.56 Å². The highest BCUT2D eigenvalue weighted by atomic mass is 32.1. The van der Waals surface area contributed by atoms with Gasteiger partial charge in [0, 0.05) is 26.4 Å². The van der Waals surface area contributed by atoms with Crippen molar-refractivity contribution in [2.45, 2.75) is 13.8 Å². The molecule has 3 heterocycles. The highest BCUT2D eigenvalue weighted by Gasteiger charge is 2.18. The van der Waals surface area contributed by atoms with E-state index < -0.39 is 0 Å². The second-order valence-electron chi connectivity index (χ2n) is 6.25. The summed E-state index contributed by atoms with van der Waals surface area (Å²) in [6, 6.07) is 1.86. The fourth-order valence-corrected chi connectivity index (χ4v) is 3.85. The van der Waals surface area contributed by atoms with Gasteiger partial charge in [-0.15, -0.1) is 11.3 Å². The van der Waals surface area contributed by atoms with Crippen LogP contribution in [0.3, 0.4) is 0 Å². The van der Waals surface area contributed by atoms with E-state index in [4.69, 9.17) is 4.74 Å². The van der Waals surface area contributed by atoms with Crippen molar-refractivity contribution in [3.8, 4) is 5.88 Å². The first kappa shape index (κ1) is 18.8. The molecule has 0 aromatic carbocycles. The van der Waals surface area contributed by atoms with E-state index >= 15 is 0 Å². The second kappa shape index (κ2) is 7.75. The average Bonchev–Trinajstić information content (AvgIpc) is 3.02. The van der Waals surface area contributed by atoms with Crippen molar-refractivity contribution in [1.29, 1.82) is 0 Å². The van der Waals surface area contributed by atoms with Crippen LogP contribution >= 0.6 is 11.3 Å². The summed E-state index contributed by atoms with van der Waals surface area (Å²) in [4.78, 5) is 24.7. The van der Waals surface area contributed by atoms with Crippen LogP contribution in [0, 0.1) is 0 Å². The van der Waals surface area contributed by atoms with Gasteiger partial charge in [-0.3, -0.25) is 9.36 Å². The van der Waals surface area contributed by atoms with Gasteiger partial charge in [-0.25, -0.2) is 9.97 Å². The summed E-state index contributed by atoms with van der Waals surface area (Å²) < 4.78 is 7.37. The highest BCUT2D eigenvalue weighted by Crippen LogP contribution is 2.37. The largest absolute Gasteiger partial charge is 0.481 e. The Balaban J connectivity index is 2.18. The van der Waals surface area contributed by atoms with E-state index in [1.807, 2.05) is 63.2 Å². The van der Waals surface area contributed by atoms with E-state index in [0.29, 0.717) is 16.1 Å². The van der Waals surface area contributed by atoms with E-state index in [0.717, 1.165) is 21.5 Å². The molecule has 140 valence electrons. The first-order chi connectivity index (χ1) is 13.0. The average molecular weight is 382 g/mol. The van der Waals surface area contributed by atoms with Gasteiger partial charge in [0.05, 0.1) is 18.2 Å². The van der Waals surface area contributed by atoms with Crippen molar-refractivity contribution in [1.82, 2.24) is 14.5 Å². The van der Waals surface area contributed by atoms with Crippen molar-refractivity contribution in [2.24, 2.45) is 0 Å². The lowest BCUT2D eigenvalue weighted by atomic mass is 10.2. The summed E-state index contributed by atoms with van der Waals surface area (Å²) in [6.45, 7) is 3.97. The predicted octanol–water partition coefficient (Wildman–Crippen LogP) is 4.07. The van der Waals surface area contributed by atoms with Crippen molar-refractivity contribution < 1.29 is 4.74 Å². The quantitative estimate of drug-likeness (QED) is 0.623. The molecule has 0 saturated carbocycles. The molecule has 0 atom stereocenters. The number of pyridine rings is 1. The number of nitrogens with zero attached hydrogens (tertiary/aromatic N) is 4. The Kier molecular flexibility index (Phi) is 5.41. The van der Waals surface area contributed by atoms with Crippen molar-refractivity contribution in [3.63, 3.8) is 0 Å². The number of methoxy groups -OCH3 is 1. The Hall–Kier alpha value is -2.93. The molecule has 0 saturated heterocycles. The number of rotatable bonds is 5. The molecule has 0 aliphatic heterocycles. The van der Waals surface area contributed by atoms with E-state index in [2.05, 4.69) is 9.97 Å². The van der Waals surface area contributed by atoms with Crippen LogP contribution in [0.15, 0.2) is 47.1 Å². The molecule has 27 heavy (non-hydrogen) atoms. The fourth-order valence-electron chi connectivity index (χ4n) is 2.77. The Morgan fingerprint density at radius 1 is 1.37 bits per heavy atom. The number of hydrogen-bond acceptors (Lipinski definition) is 6. The maximum atomic E-state index is 12.9. The molecule has 7 heteroatoms. The smallest absolute Gasteiger partial charge is 0.275 e. The molecule has 3 aromatic rings. The molecule has 3 rings (SSSR count). The minimum Gasteiger partial charge on any atom is -0.481 e. The maximum Gasteiger partial charge on any atom is 0.275 e. The van der Waals surface area contributed by atoms with E-state index in [1.54, 1.807) is 19.6 Å². The lowest BCUT2D eigenvalue weighted by Gasteiger charge is -2.14. The molecule has 0 unspecified atom stereocenters. The molecule has 6 nitrogen and oxygen atoms in total. The van der Waals surface area contributed by atoms with Crippen molar-refractivity contribution >= 4 is 43.7 Å². The SMILES string of the molecule is C\C=C/C(C)=C\C=C\n1cnc2c(sc3nc(OC)cc(N(C)C)c32)c1=O. The lowest BCUT2D eigenvalue weighted by Crippen LogP contribution is -2.14. The summed E-state index contributed by atoms with van der Waals surface area (Å²) >= 11 is 1.34. The van der Waals surface area contributed by atoms with E-state index in [1.165, 1.54) is 15.9 Å². The topological polar surface area (TPSA) is 60.2 Å². The molecule has 0 amide bonds. The van der Waals surface area contributed by atoms with Crippen LogP contribution in [0.25, 0.3) is 26.6 Å². The van der Waals surface area contributed by atoms with Gasteiger partial charge in [0.2, 0.25) is 5.88 Å². The molecule has 0 bridgehead atoms. The van der Waals surface area contributed by atoms with Crippen LogP contribution in [0.2, 0.25) is 0 Å². The third-order valence-electron chi connectivity index (χ3n) is 4.06. The lowest BCUT2D eigenvalue weighted by molar-refractivity contribution is 0.400. The molecule has 0 spiro atoms. The normalized spacial score (nSPS) is 12.7. The van der Waals surface area contributed by atoms with Gasteiger partial charge in [-0.2, -0.15) is 0 Å². The number of aromatic nitrogens is 3. The van der Waals surface area contributed by atoms with Gasteiger partial charge in [0.25, 0.3) is 5.56 Å².